The first-order valence-corrected chi connectivity index (χ1v) is 7.76. The summed E-state index contributed by atoms with van der Waals surface area (Å²) in [5, 5.41) is 14.7. The monoisotopic (exact) mass is 354 g/mol. The van der Waals surface area contributed by atoms with E-state index in [1.807, 2.05) is 25.1 Å². The number of hydrogen-bond donors (Lipinski definition) is 3. The summed E-state index contributed by atoms with van der Waals surface area (Å²) >= 11 is 3.38. The maximum absolute atomic E-state index is 12.1. The zero-order valence-corrected chi connectivity index (χ0v) is 13.5. The van der Waals surface area contributed by atoms with Crippen molar-refractivity contribution in [3.63, 3.8) is 0 Å². The summed E-state index contributed by atoms with van der Waals surface area (Å²) in [6.07, 6.45) is 3.29. The minimum absolute atomic E-state index is 0.0298. The second-order valence-corrected chi connectivity index (χ2v) is 6.57. The second-order valence-electron chi connectivity index (χ2n) is 5.65. The maximum atomic E-state index is 12.1. The molecule has 0 heterocycles. The van der Waals surface area contributed by atoms with Crippen LogP contribution in [0.4, 0.5) is 10.5 Å². The van der Waals surface area contributed by atoms with E-state index in [1.165, 1.54) is 0 Å². The minimum atomic E-state index is -0.879. The van der Waals surface area contributed by atoms with E-state index in [-0.39, 0.29) is 12.5 Å². The molecule has 1 aliphatic rings. The molecule has 0 saturated heterocycles. The van der Waals surface area contributed by atoms with Crippen LogP contribution >= 0.6 is 15.9 Å². The van der Waals surface area contributed by atoms with Crippen LogP contribution in [0.15, 0.2) is 22.7 Å². The quantitative estimate of drug-likeness (QED) is 0.771. The third-order valence-corrected chi connectivity index (χ3v) is 4.19. The third-order valence-electron chi connectivity index (χ3n) is 3.73. The van der Waals surface area contributed by atoms with Crippen LogP contribution in [0.3, 0.4) is 0 Å². The number of carboxylic acids is 1. The van der Waals surface area contributed by atoms with Gasteiger partial charge in [0.15, 0.2) is 0 Å². The van der Waals surface area contributed by atoms with Crippen LogP contribution in [-0.2, 0) is 4.79 Å². The SMILES string of the molecule is Cc1cc(Br)cc(NC(=O)NC2(CC(=O)O)CCCC2)c1. The lowest BCUT2D eigenvalue weighted by Gasteiger charge is -2.28. The highest BCUT2D eigenvalue weighted by Crippen LogP contribution is 2.32. The lowest BCUT2D eigenvalue weighted by atomic mass is 9.93. The molecule has 0 bridgehead atoms. The first-order valence-electron chi connectivity index (χ1n) is 6.97. The van der Waals surface area contributed by atoms with Gasteiger partial charge in [0.1, 0.15) is 0 Å². The molecule has 1 saturated carbocycles. The number of carbonyl (C=O) groups excluding carboxylic acids is 1. The topological polar surface area (TPSA) is 78.4 Å². The molecule has 0 spiro atoms. The number of urea groups is 1. The normalized spacial score (nSPS) is 16.5. The molecule has 1 aromatic carbocycles. The summed E-state index contributed by atoms with van der Waals surface area (Å²) in [6, 6.07) is 5.27. The Hall–Kier alpha value is -1.56. The summed E-state index contributed by atoms with van der Waals surface area (Å²) in [5.74, 6) is -0.879. The molecule has 0 aromatic heterocycles. The molecule has 0 atom stereocenters. The zero-order chi connectivity index (χ0) is 15.5. The highest BCUT2D eigenvalue weighted by molar-refractivity contribution is 9.10. The van der Waals surface area contributed by atoms with E-state index < -0.39 is 11.5 Å². The predicted octanol–water partition coefficient (Wildman–Crippen LogP) is 3.67. The first-order chi connectivity index (χ1) is 9.88. The number of anilines is 1. The van der Waals surface area contributed by atoms with E-state index >= 15 is 0 Å². The molecule has 114 valence electrons. The Kier molecular flexibility index (Phi) is 4.88. The van der Waals surface area contributed by atoms with E-state index in [9.17, 15) is 9.59 Å². The Balaban J connectivity index is 2.04. The van der Waals surface area contributed by atoms with Gasteiger partial charge < -0.3 is 15.7 Å². The Morgan fingerprint density at radius 2 is 1.95 bits per heavy atom. The number of rotatable bonds is 4. The molecule has 0 aliphatic heterocycles. The number of aliphatic carboxylic acids is 1. The molecular formula is C15H19BrN2O3. The molecule has 2 rings (SSSR count). The molecule has 0 radical (unpaired) electrons. The average molecular weight is 355 g/mol. The predicted molar refractivity (Wildman–Crippen MR) is 84.5 cm³/mol. The molecule has 21 heavy (non-hydrogen) atoms. The Labute approximate surface area is 132 Å². The van der Waals surface area contributed by atoms with Gasteiger partial charge in [-0.05, 0) is 43.5 Å². The number of carboxylic acid groups (broad SMARTS) is 1. The van der Waals surface area contributed by atoms with E-state index in [0.717, 1.165) is 22.9 Å². The van der Waals surface area contributed by atoms with Gasteiger partial charge in [-0.2, -0.15) is 0 Å². The maximum Gasteiger partial charge on any atom is 0.319 e. The largest absolute Gasteiger partial charge is 0.481 e. The van der Waals surface area contributed by atoms with Crippen molar-refractivity contribution in [2.45, 2.75) is 44.6 Å². The fraction of sp³-hybridized carbons (Fsp3) is 0.467. The number of carbonyl (C=O) groups is 2. The van der Waals surface area contributed by atoms with Gasteiger partial charge in [0.2, 0.25) is 0 Å². The summed E-state index contributed by atoms with van der Waals surface area (Å²) in [4.78, 5) is 23.2. The zero-order valence-electron chi connectivity index (χ0n) is 11.9. The van der Waals surface area contributed by atoms with Crippen LogP contribution in [0.1, 0.15) is 37.7 Å². The van der Waals surface area contributed by atoms with E-state index in [1.54, 1.807) is 0 Å². The minimum Gasteiger partial charge on any atom is -0.481 e. The molecule has 3 N–H and O–H groups in total. The van der Waals surface area contributed by atoms with Crippen LogP contribution in [0.5, 0.6) is 0 Å². The van der Waals surface area contributed by atoms with Crippen molar-refractivity contribution in [1.82, 2.24) is 5.32 Å². The van der Waals surface area contributed by atoms with Crippen molar-refractivity contribution >= 4 is 33.6 Å². The first kappa shape index (κ1) is 15.8. The number of nitrogens with one attached hydrogen (secondary N) is 2. The van der Waals surface area contributed by atoms with Crippen molar-refractivity contribution in [3.8, 4) is 0 Å². The summed E-state index contributed by atoms with van der Waals surface area (Å²) in [6.45, 7) is 1.94. The van der Waals surface area contributed by atoms with Gasteiger partial charge in [-0.15, -0.1) is 0 Å². The van der Waals surface area contributed by atoms with Crippen molar-refractivity contribution in [1.29, 1.82) is 0 Å². The molecule has 1 aliphatic carbocycles. The van der Waals surface area contributed by atoms with Crippen molar-refractivity contribution in [2.75, 3.05) is 5.32 Å². The van der Waals surface area contributed by atoms with Crippen LogP contribution in [-0.4, -0.2) is 22.6 Å². The smallest absolute Gasteiger partial charge is 0.319 e. The number of halogens is 1. The number of hydrogen-bond acceptors (Lipinski definition) is 2. The van der Waals surface area contributed by atoms with Gasteiger partial charge in [-0.25, -0.2) is 4.79 Å². The van der Waals surface area contributed by atoms with Crippen LogP contribution in [0.25, 0.3) is 0 Å². The molecule has 5 nitrogen and oxygen atoms in total. The van der Waals surface area contributed by atoms with Crippen LogP contribution in [0, 0.1) is 6.92 Å². The lowest BCUT2D eigenvalue weighted by molar-refractivity contribution is -0.138. The lowest BCUT2D eigenvalue weighted by Crippen LogP contribution is -2.49. The average Bonchev–Trinajstić information content (AvgIpc) is 2.74. The number of benzene rings is 1. The van der Waals surface area contributed by atoms with Gasteiger partial charge in [0.25, 0.3) is 0 Å². The molecule has 0 unspecified atom stereocenters. The third kappa shape index (κ3) is 4.46. The van der Waals surface area contributed by atoms with Gasteiger partial charge in [-0.3, -0.25) is 4.79 Å². The van der Waals surface area contributed by atoms with Crippen LogP contribution in [0.2, 0.25) is 0 Å². The van der Waals surface area contributed by atoms with E-state index in [4.69, 9.17) is 5.11 Å². The highest BCUT2D eigenvalue weighted by atomic mass is 79.9. The second kappa shape index (κ2) is 6.47. The Bertz CT molecular complexity index is 534. The van der Waals surface area contributed by atoms with E-state index in [2.05, 4.69) is 26.6 Å². The molecule has 2 amide bonds. The summed E-state index contributed by atoms with van der Waals surface area (Å²) < 4.78 is 0.888. The van der Waals surface area contributed by atoms with Gasteiger partial charge in [-0.1, -0.05) is 28.8 Å². The summed E-state index contributed by atoms with van der Waals surface area (Å²) in [5.41, 5.74) is 1.10. The molecule has 1 aromatic rings. The fourth-order valence-corrected chi connectivity index (χ4v) is 3.51. The molecule has 6 heteroatoms. The van der Waals surface area contributed by atoms with E-state index in [0.29, 0.717) is 18.5 Å². The van der Waals surface area contributed by atoms with Crippen molar-refractivity contribution in [2.24, 2.45) is 0 Å². The van der Waals surface area contributed by atoms with Gasteiger partial charge >= 0.3 is 12.0 Å². The number of aryl methyl sites for hydroxylation is 1. The fourth-order valence-electron chi connectivity index (χ4n) is 2.90. The molecule has 1 fully saturated rings. The summed E-state index contributed by atoms with van der Waals surface area (Å²) in [7, 11) is 0. The van der Waals surface area contributed by atoms with Gasteiger partial charge in [0, 0.05) is 10.2 Å². The van der Waals surface area contributed by atoms with Crippen molar-refractivity contribution in [3.05, 3.63) is 28.2 Å². The van der Waals surface area contributed by atoms with Gasteiger partial charge in [0.05, 0.1) is 12.0 Å². The number of amides is 2. The molecular weight excluding hydrogens is 336 g/mol. The van der Waals surface area contributed by atoms with Crippen LogP contribution < -0.4 is 10.6 Å². The Morgan fingerprint density at radius 3 is 2.52 bits per heavy atom. The standard InChI is InChI=1S/C15H19BrN2O3/c1-10-6-11(16)8-12(7-10)17-14(21)18-15(9-13(19)20)4-2-3-5-15/h6-8H,2-5,9H2,1H3,(H,19,20)(H2,17,18,21). The Morgan fingerprint density at radius 1 is 1.29 bits per heavy atom. The van der Waals surface area contributed by atoms with Crippen molar-refractivity contribution < 1.29 is 14.7 Å². The highest BCUT2D eigenvalue weighted by Gasteiger charge is 2.37.